The van der Waals surface area contributed by atoms with E-state index in [1.165, 1.54) is 23.5 Å². The van der Waals surface area contributed by atoms with Gasteiger partial charge in [0.1, 0.15) is 5.82 Å². The first-order valence-corrected chi connectivity index (χ1v) is 8.49. The molecular weight excluding hydrogens is 343 g/mol. The number of fused-ring (bicyclic) bond motifs is 1. The number of thiazole rings is 1. The average Bonchev–Trinajstić information content (AvgIpc) is 2.98. The van der Waals surface area contributed by atoms with Crippen LogP contribution in [-0.2, 0) is 16.0 Å². The molecule has 0 aliphatic rings. The summed E-state index contributed by atoms with van der Waals surface area (Å²) in [7, 11) is 0. The van der Waals surface area contributed by atoms with Crippen molar-refractivity contribution < 1.29 is 18.7 Å². The van der Waals surface area contributed by atoms with Crippen molar-refractivity contribution in [2.24, 2.45) is 0 Å². The Morgan fingerprint density at radius 1 is 1.20 bits per heavy atom. The number of nitrogens with one attached hydrogen (secondary N) is 1. The van der Waals surface area contributed by atoms with E-state index in [4.69, 9.17) is 4.74 Å². The normalized spacial score (nSPS) is 10.6. The molecule has 0 radical (unpaired) electrons. The number of rotatable bonds is 5. The number of carbonyl (C=O) groups is 2. The van der Waals surface area contributed by atoms with Crippen LogP contribution in [0, 0.1) is 5.82 Å². The van der Waals surface area contributed by atoms with Crippen LogP contribution >= 0.6 is 11.3 Å². The molecular formula is C18H15FN2O3S. The molecule has 3 rings (SSSR count). The monoisotopic (exact) mass is 358 g/mol. The first-order valence-electron chi connectivity index (χ1n) is 7.67. The number of anilines is 1. The predicted octanol–water partition coefficient (Wildman–Crippen LogP) is 3.79. The van der Waals surface area contributed by atoms with Crippen LogP contribution in [-0.4, -0.2) is 23.5 Å². The lowest BCUT2D eigenvalue weighted by Crippen LogP contribution is -2.14. The molecule has 128 valence electrons. The minimum atomic E-state index is -0.389. The van der Waals surface area contributed by atoms with E-state index in [1.807, 2.05) is 0 Å². The van der Waals surface area contributed by atoms with Gasteiger partial charge in [-0.3, -0.25) is 4.79 Å². The van der Waals surface area contributed by atoms with Gasteiger partial charge in [-0.2, -0.15) is 0 Å². The molecule has 1 amide bonds. The second-order valence-electron chi connectivity index (χ2n) is 5.27. The van der Waals surface area contributed by atoms with Gasteiger partial charge in [-0.25, -0.2) is 14.2 Å². The fourth-order valence-electron chi connectivity index (χ4n) is 2.27. The number of esters is 1. The summed E-state index contributed by atoms with van der Waals surface area (Å²) in [6.45, 7) is 2.06. The van der Waals surface area contributed by atoms with Gasteiger partial charge in [0.05, 0.1) is 28.8 Å². The summed E-state index contributed by atoms with van der Waals surface area (Å²) in [5, 5.41) is 3.17. The van der Waals surface area contributed by atoms with E-state index < -0.39 is 0 Å². The fraction of sp³-hybridized carbons (Fsp3) is 0.167. The third kappa shape index (κ3) is 4.19. The van der Waals surface area contributed by atoms with Gasteiger partial charge >= 0.3 is 5.97 Å². The van der Waals surface area contributed by atoms with Crippen LogP contribution in [0.5, 0.6) is 0 Å². The van der Waals surface area contributed by atoms with Gasteiger partial charge in [-0.1, -0.05) is 23.5 Å². The van der Waals surface area contributed by atoms with Crippen molar-refractivity contribution in [1.29, 1.82) is 0 Å². The quantitative estimate of drug-likeness (QED) is 0.705. The van der Waals surface area contributed by atoms with Crippen LogP contribution in [0.3, 0.4) is 0 Å². The van der Waals surface area contributed by atoms with Crippen LogP contribution in [0.25, 0.3) is 10.2 Å². The van der Waals surface area contributed by atoms with Gasteiger partial charge in [-0.05, 0) is 42.8 Å². The van der Waals surface area contributed by atoms with Gasteiger partial charge in [0.2, 0.25) is 5.91 Å². The highest BCUT2D eigenvalue weighted by molar-refractivity contribution is 7.22. The number of amides is 1. The maximum atomic E-state index is 12.9. The summed E-state index contributed by atoms with van der Waals surface area (Å²) in [6.07, 6.45) is 0.129. The van der Waals surface area contributed by atoms with E-state index in [9.17, 15) is 14.0 Å². The average molecular weight is 358 g/mol. The molecule has 25 heavy (non-hydrogen) atoms. The van der Waals surface area contributed by atoms with Crippen molar-refractivity contribution in [3.8, 4) is 0 Å². The molecule has 5 nitrogen and oxygen atoms in total. The second kappa shape index (κ2) is 7.40. The molecule has 0 aliphatic carbocycles. The fourth-order valence-corrected chi connectivity index (χ4v) is 3.19. The standard InChI is InChI=1S/C18H15FN2O3S/c1-2-24-17(23)12-5-8-14-15(10-12)25-18(20-14)21-16(22)9-11-3-6-13(19)7-4-11/h3-8,10H,2,9H2,1H3,(H,20,21,22). The lowest BCUT2D eigenvalue weighted by atomic mass is 10.1. The highest BCUT2D eigenvalue weighted by Gasteiger charge is 2.12. The molecule has 3 aromatic rings. The Morgan fingerprint density at radius 2 is 1.96 bits per heavy atom. The first kappa shape index (κ1) is 17.0. The van der Waals surface area contributed by atoms with Crippen molar-refractivity contribution in [3.05, 3.63) is 59.4 Å². The van der Waals surface area contributed by atoms with E-state index in [-0.39, 0.29) is 24.1 Å². The molecule has 0 saturated heterocycles. The van der Waals surface area contributed by atoms with Gasteiger partial charge in [0.15, 0.2) is 5.13 Å². The van der Waals surface area contributed by atoms with E-state index in [1.54, 1.807) is 37.3 Å². The Kier molecular flexibility index (Phi) is 5.04. The van der Waals surface area contributed by atoms with Crippen molar-refractivity contribution in [2.45, 2.75) is 13.3 Å². The molecule has 1 heterocycles. The second-order valence-corrected chi connectivity index (χ2v) is 6.30. The molecule has 2 aromatic carbocycles. The Bertz CT molecular complexity index is 922. The number of aromatic nitrogens is 1. The first-order chi connectivity index (χ1) is 12.0. The van der Waals surface area contributed by atoms with Crippen LogP contribution in [0.4, 0.5) is 9.52 Å². The van der Waals surface area contributed by atoms with Crippen molar-refractivity contribution >= 4 is 38.6 Å². The number of hydrogen-bond acceptors (Lipinski definition) is 5. The topological polar surface area (TPSA) is 68.3 Å². The minimum Gasteiger partial charge on any atom is -0.462 e. The Morgan fingerprint density at radius 3 is 2.68 bits per heavy atom. The number of carbonyl (C=O) groups excluding carboxylic acids is 2. The maximum absolute atomic E-state index is 12.9. The summed E-state index contributed by atoms with van der Waals surface area (Å²) >= 11 is 1.28. The van der Waals surface area contributed by atoms with E-state index in [2.05, 4.69) is 10.3 Å². The lowest BCUT2D eigenvalue weighted by molar-refractivity contribution is -0.115. The summed E-state index contributed by atoms with van der Waals surface area (Å²) in [6, 6.07) is 10.8. The van der Waals surface area contributed by atoms with Gasteiger partial charge in [0.25, 0.3) is 0 Å². The molecule has 1 N–H and O–H groups in total. The summed E-state index contributed by atoms with van der Waals surface area (Å²) in [5.74, 6) is -0.969. The van der Waals surface area contributed by atoms with Gasteiger partial charge < -0.3 is 10.1 Å². The van der Waals surface area contributed by atoms with Crippen molar-refractivity contribution in [1.82, 2.24) is 4.98 Å². The Labute approximate surface area is 147 Å². The largest absolute Gasteiger partial charge is 0.462 e. The summed E-state index contributed by atoms with van der Waals surface area (Å²) < 4.78 is 18.6. The minimum absolute atomic E-state index is 0.129. The number of nitrogens with zero attached hydrogens (tertiary/aromatic N) is 1. The van der Waals surface area contributed by atoms with Gasteiger partial charge in [0, 0.05) is 0 Å². The van der Waals surface area contributed by atoms with Crippen LogP contribution < -0.4 is 5.32 Å². The predicted molar refractivity (Wildman–Crippen MR) is 94.3 cm³/mol. The zero-order valence-corrected chi connectivity index (χ0v) is 14.2. The highest BCUT2D eigenvalue weighted by atomic mass is 32.1. The van der Waals surface area contributed by atoms with Gasteiger partial charge in [-0.15, -0.1) is 0 Å². The molecule has 0 saturated carbocycles. The van der Waals surface area contributed by atoms with E-state index >= 15 is 0 Å². The number of hydrogen-bond donors (Lipinski definition) is 1. The summed E-state index contributed by atoms with van der Waals surface area (Å²) in [4.78, 5) is 28.2. The van der Waals surface area contributed by atoms with Crippen molar-refractivity contribution in [2.75, 3.05) is 11.9 Å². The number of benzene rings is 2. The molecule has 0 bridgehead atoms. The van der Waals surface area contributed by atoms with E-state index in [0.29, 0.717) is 28.4 Å². The third-order valence-corrected chi connectivity index (χ3v) is 4.36. The molecule has 0 fully saturated rings. The number of ether oxygens (including phenoxy) is 1. The van der Waals surface area contributed by atoms with Crippen LogP contribution in [0.15, 0.2) is 42.5 Å². The molecule has 0 spiro atoms. The molecule has 0 atom stereocenters. The van der Waals surface area contributed by atoms with Crippen LogP contribution in [0.2, 0.25) is 0 Å². The number of halogens is 1. The molecule has 0 unspecified atom stereocenters. The smallest absolute Gasteiger partial charge is 0.338 e. The maximum Gasteiger partial charge on any atom is 0.338 e. The zero-order chi connectivity index (χ0) is 17.8. The summed E-state index contributed by atoms with van der Waals surface area (Å²) in [5.41, 5.74) is 1.85. The van der Waals surface area contributed by atoms with Crippen LogP contribution in [0.1, 0.15) is 22.8 Å². The SMILES string of the molecule is CCOC(=O)c1ccc2nc(NC(=O)Cc3ccc(F)cc3)sc2c1. The Hall–Kier alpha value is -2.80. The third-order valence-electron chi connectivity index (χ3n) is 3.42. The highest BCUT2D eigenvalue weighted by Crippen LogP contribution is 2.27. The zero-order valence-electron chi connectivity index (χ0n) is 13.4. The Balaban J connectivity index is 1.72. The lowest BCUT2D eigenvalue weighted by Gasteiger charge is -2.01. The van der Waals surface area contributed by atoms with E-state index in [0.717, 1.165) is 4.70 Å². The molecule has 7 heteroatoms. The molecule has 0 aliphatic heterocycles. The van der Waals surface area contributed by atoms with Crippen molar-refractivity contribution in [3.63, 3.8) is 0 Å². The molecule has 1 aromatic heterocycles.